The van der Waals surface area contributed by atoms with Crippen LogP contribution in [0, 0.1) is 5.82 Å². The van der Waals surface area contributed by atoms with Crippen molar-refractivity contribution in [3.8, 4) is 0 Å². The zero-order valence-corrected chi connectivity index (χ0v) is 13.4. The second kappa shape index (κ2) is 6.31. The summed E-state index contributed by atoms with van der Waals surface area (Å²) in [4.78, 5) is 6.35. The van der Waals surface area contributed by atoms with E-state index in [-0.39, 0.29) is 10.9 Å². The van der Waals surface area contributed by atoms with Gasteiger partial charge < -0.3 is 4.90 Å². The van der Waals surface area contributed by atoms with Gasteiger partial charge in [0, 0.05) is 30.7 Å². The smallest absolute Gasteiger partial charge is 0.240 e. The second-order valence-electron chi connectivity index (χ2n) is 5.11. The van der Waals surface area contributed by atoms with Crippen LogP contribution in [0.2, 0.25) is 0 Å². The van der Waals surface area contributed by atoms with Crippen molar-refractivity contribution in [2.45, 2.75) is 23.8 Å². The van der Waals surface area contributed by atoms with Crippen molar-refractivity contribution in [3.05, 3.63) is 41.7 Å². The molecule has 0 saturated carbocycles. The Bertz CT molecular complexity index is 734. The SMILES string of the molecule is O=S(=O)(NC[C@H]1CCCN1c1nccs1)c1cccc(F)c1. The number of sulfonamides is 1. The summed E-state index contributed by atoms with van der Waals surface area (Å²) in [6.45, 7) is 1.16. The quantitative estimate of drug-likeness (QED) is 0.906. The molecule has 0 aliphatic carbocycles. The summed E-state index contributed by atoms with van der Waals surface area (Å²) in [6, 6.07) is 5.10. The standard InChI is InChI=1S/C14H16FN3O2S2/c15-11-3-1-5-13(9-11)22(19,20)17-10-12-4-2-7-18(12)14-16-6-8-21-14/h1,3,5-6,8-9,12,17H,2,4,7,10H2/t12-/m1/s1. The van der Waals surface area contributed by atoms with Gasteiger partial charge in [0.1, 0.15) is 5.82 Å². The summed E-state index contributed by atoms with van der Waals surface area (Å²) >= 11 is 1.54. The van der Waals surface area contributed by atoms with Crippen molar-refractivity contribution in [1.29, 1.82) is 0 Å². The highest BCUT2D eigenvalue weighted by atomic mass is 32.2. The Morgan fingerprint density at radius 1 is 1.45 bits per heavy atom. The third-order valence-electron chi connectivity index (χ3n) is 3.66. The molecule has 1 aromatic carbocycles. The average molecular weight is 341 g/mol. The van der Waals surface area contributed by atoms with E-state index >= 15 is 0 Å². The van der Waals surface area contributed by atoms with Crippen molar-refractivity contribution < 1.29 is 12.8 Å². The van der Waals surface area contributed by atoms with Crippen molar-refractivity contribution in [2.24, 2.45) is 0 Å². The van der Waals surface area contributed by atoms with Gasteiger partial charge in [-0.1, -0.05) is 6.07 Å². The van der Waals surface area contributed by atoms with Crippen LogP contribution in [0.1, 0.15) is 12.8 Å². The highest BCUT2D eigenvalue weighted by molar-refractivity contribution is 7.89. The lowest BCUT2D eigenvalue weighted by molar-refractivity contribution is 0.564. The van der Waals surface area contributed by atoms with E-state index < -0.39 is 15.8 Å². The van der Waals surface area contributed by atoms with E-state index in [1.807, 2.05) is 5.38 Å². The van der Waals surface area contributed by atoms with Crippen LogP contribution in [0.4, 0.5) is 9.52 Å². The Hall–Kier alpha value is -1.51. The van der Waals surface area contributed by atoms with Gasteiger partial charge in [-0.15, -0.1) is 11.3 Å². The molecule has 0 bridgehead atoms. The fraction of sp³-hybridized carbons (Fsp3) is 0.357. The van der Waals surface area contributed by atoms with Crippen LogP contribution in [0.3, 0.4) is 0 Å². The van der Waals surface area contributed by atoms with E-state index in [2.05, 4.69) is 14.6 Å². The van der Waals surface area contributed by atoms with Crippen LogP contribution < -0.4 is 9.62 Å². The fourth-order valence-corrected chi connectivity index (χ4v) is 4.43. The van der Waals surface area contributed by atoms with Gasteiger partial charge in [-0.05, 0) is 31.0 Å². The van der Waals surface area contributed by atoms with E-state index in [1.54, 1.807) is 17.5 Å². The molecule has 0 radical (unpaired) electrons. The molecule has 5 nitrogen and oxygen atoms in total. The first-order valence-electron chi connectivity index (χ1n) is 6.97. The molecule has 1 aliphatic heterocycles. The molecule has 118 valence electrons. The Kier molecular flexibility index (Phi) is 4.42. The van der Waals surface area contributed by atoms with Crippen LogP contribution in [0.25, 0.3) is 0 Å². The Morgan fingerprint density at radius 3 is 3.05 bits per heavy atom. The first-order valence-corrected chi connectivity index (χ1v) is 9.34. The highest BCUT2D eigenvalue weighted by Crippen LogP contribution is 2.27. The first-order chi connectivity index (χ1) is 10.6. The number of rotatable bonds is 5. The summed E-state index contributed by atoms with van der Waals surface area (Å²) in [5, 5.41) is 2.81. The Morgan fingerprint density at radius 2 is 2.32 bits per heavy atom. The minimum atomic E-state index is -3.70. The molecule has 2 heterocycles. The summed E-state index contributed by atoms with van der Waals surface area (Å²) in [5.74, 6) is -0.562. The molecule has 22 heavy (non-hydrogen) atoms. The van der Waals surface area contributed by atoms with Gasteiger partial charge in [0.15, 0.2) is 5.13 Å². The lowest BCUT2D eigenvalue weighted by atomic mass is 10.2. The first kappa shape index (κ1) is 15.4. The summed E-state index contributed by atoms with van der Waals surface area (Å²) < 4.78 is 40.2. The van der Waals surface area contributed by atoms with Crippen molar-refractivity contribution >= 4 is 26.5 Å². The molecular formula is C14H16FN3O2S2. The summed E-state index contributed by atoms with van der Waals surface area (Å²) in [6.07, 6.45) is 3.66. The van der Waals surface area contributed by atoms with Gasteiger partial charge in [-0.3, -0.25) is 0 Å². The zero-order chi connectivity index (χ0) is 15.6. The van der Waals surface area contributed by atoms with Crippen LogP contribution in [0.5, 0.6) is 0 Å². The number of anilines is 1. The maximum Gasteiger partial charge on any atom is 0.240 e. The van der Waals surface area contributed by atoms with Crippen molar-refractivity contribution in [3.63, 3.8) is 0 Å². The monoisotopic (exact) mass is 341 g/mol. The van der Waals surface area contributed by atoms with Crippen molar-refractivity contribution in [1.82, 2.24) is 9.71 Å². The summed E-state index contributed by atoms with van der Waals surface area (Å²) in [7, 11) is -3.70. The van der Waals surface area contributed by atoms with E-state index in [0.29, 0.717) is 6.54 Å². The second-order valence-corrected chi connectivity index (χ2v) is 7.75. The number of aromatic nitrogens is 1. The van der Waals surface area contributed by atoms with Crippen LogP contribution >= 0.6 is 11.3 Å². The number of halogens is 1. The molecule has 1 N–H and O–H groups in total. The van der Waals surface area contributed by atoms with Crippen LogP contribution in [-0.4, -0.2) is 32.5 Å². The van der Waals surface area contributed by atoms with E-state index in [4.69, 9.17) is 0 Å². The number of nitrogens with zero attached hydrogens (tertiary/aromatic N) is 2. The minimum Gasteiger partial charge on any atom is -0.344 e. The maximum absolute atomic E-state index is 13.2. The van der Waals surface area contributed by atoms with Crippen LogP contribution in [0.15, 0.2) is 40.7 Å². The third kappa shape index (κ3) is 3.29. The molecular weight excluding hydrogens is 325 g/mol. The molecule has 0 spiro atoms. The van der Waals surface area contributed by atoms with Gasteiger partial charge in [0.2, 0.25) is 10.0 Å². The molecule has 3 rings (SSSR count). The van der Waals surface area contributed by atoms with Gasteiger partial charge in [0.05, 0.1) is 4.90 Å². The Labute approximate surface area is 132 Å². The predicted molar refractivity (Wildman–Crippen MR) is 84.1 cm³/mol. The number of thiazole rings is 1. The molecule has 1 atom stereocenters. The average Bonchev–Trinajstić information content (AvgIpc) is 3.16. The fourth-order valence-electron chi connectivity index (χ4n) is 2.58. The third-order valence-corrected chi connectivity index (χ3v) is 5.89. The summed E-state index contributed by atoms with van der Waals surface area (Å²) in [5.41, 5.74) is 0. The normalized spacial score (nSPS) is 18.8. The topological polar surface area (TPSA) is 62.3 Å². The lowest BCUT2D eigenvalue weighted by Gasteiger charge is -2.24. The van der Waals surface area contributed by atoms with Gasteiger partial charge in [-0.2, -0.15) is 0 Å². The van der Waals surface area contributed by atoms with Gasteiger partial charge >= 0.3 is 0 Å². The molecule has 8 heteroatoms. The number of hydrogen-bond acceptors (Lipinski definition) is 5. The maximum atomic E-state index is 13.2. The van der Waals surface area contributed by atoms with Gasteiger partial charge in [-0.25, -0.2) is 22.5 Å². The molecule has 1 aromatic heterocycles. The Balaban J connectivity index is 1.69. The van der Waals surface area contributed by atoms with E-state index in [9.17, 15) is 12.8 Å². The molecule has 0 unspecified atom stereocenters. The molecule has 2 aromatic rings. The van der Waals surface area contributed by atoms with Crippen LogP contribution in [-0.2, 0) is 10.0 Å². The van der Waals surface area contributed by atoms with Gasteiger partial charge in [0.25, 0.3) is 0 Å². The molecule has 1 saturated heterocycles. The predicted octanol–water partition coefficient (Wildman–Crippen LogP) is 2.23. The molecule has 1 fully saturated rings. The highest BCUT2D eigenvalue weighted by Gasteiger charge is 2.28. The van der Waals surface area contributed by atoms with E-state index in [1.165, 1.54) is 18.2 Å². The zero-order valence-electron chi connectivity index (χ0n) is 11.8. The molecule has 0 amide bonds. The largest absolute Gasteiger partial charge is 0.344 e. The number of hydrogen-bond donors (Lipinski definition) is 1. The number of benzene rings is 1. The van der Waals surface area contributed by atoms with E-state index in [0.717, 1.165) is 30.6 Å². The minimum absolute atomic E-state index is 0.0497. The lowest BCUT2D eigenvalue weighted by Crippen LogP contribution is -2.40. The number of nitrogens with one attached hydrogen (secondary N) is 1. The van der Waals surface area contributed by atoms with Crippen molar-refractivity contribution in [2.75, 3.05) is 18.0 Å². The molecule has 1 aliphatic rings.